The molecule has 2 aliphatic heterocycles. The van der Waals surface area contributed by atoms with Crippen molar-refractivity contribution in [1.29, 1.82) is 0 Å². The molecule has 0 amide bonds. The summed E-state index contributed by atoms with van der Waals surface area (Å²) >= 11 is 0. The maximum atomic E-state index is 2.72. The van der Waals surface area contributed by atoms with Crippen LogP contribution in [0.1, 0.15) is 39.5 Å². The molecule has 2 fully saturated rings. The van der Waals surface area contributed by atoms with Crippen LogP contribution in [0.2, 0.25) is 0 Å². The summed E-state index contributed by atoms with van der Waals surface area (Å²) in [6.07, 6.45) is 9.96. The third kappa shape index (κ3) is 2.86. The first-order valence-corrected chi connectivity index (χ1v) is 6.90. The largest absolute Gasteiger partial charge is 0.298 e. The zero-order chi connectivity index (χ0) is 11.4. The van der Waals surface area contributed by atoms with E-state index in [4.69, 9.17) is 0 Å². The first-order valence-electron chi connectivity index (χ1n) is 6.90. The van der Waals surface area contributed by atoms with Crippen molar-refractivity contribution in [2.75, 3.05) is 26.2 Å². The maximum Gasteiger partial charge on any atom is 0.0223 e. The van der Waals surface area contributed by atoms with Gasteiger partial charge in [-0.15, -0.1) is 0 Å². The standard InChI is InChI=1S/C14H26N2/c1-3-4-6-9-15-12-14-8-5-7-10-16(14)11-13(15)2/h3-4,13-14H,5-12H2,1-2H3/b4-3+. The van der Waals surface area contributed by atoms with Crippen LogP contribution in [0.15, 0.2) is 12.2 Å². The van der Waals surface area contributed by atoms with E-state index in [9.17, 15) is 0 Å². The van der Waals surface area contributed by atoms with Gasteiger partial charge in [-0.2, -0.15) is 0 Å². The van der Waals surface area contributed by atoms with Crippen molar-refractivity contribution >= 4 is 0 Å². The zero-order valence-corrected chi connectivity index (χ0v) is 10.9. The second-order valence-corrected chi connectivity index (χ2v) is 5.35. The van der Waals surface area contributed by atoms with Gasteiger partial charge in [0, 0.05) is 31.7 Å². The van der Waals surface area contributed by atoms with Crippen molar-refractivity contribution in [1.82, 2.24) is 9.80 Å². The summed E-state index contributed by atoms with van der Waals surface area (Å²) in [5.74, 6) is 0. The number of hydrogen-bond donors (Lipinski definition) is 0. The van der Waals surface area contributed by atoms with Crippen LogP contribution in [0, 0.1) is 0 Å². The minimum atomic E-state index is 0.750. The molecule has 0 saturated carbocycles. The topological polar surface area (TPSA) is 6.48 Å². The third-order valence-electron chi connectivity index (χ3n) is 4.14. The Morgan fingerprint density at radius 1 is 1.25 bits per heavy atom. The average molecular weight is 222 g/mol. The van der Waals surface area contributed by atoms with E-state index in [0.29, 0.717) is 0 Å². The minimum absolute atomic E-state index is 0.750. The van der Waals surface area contributed by atoms with E-state index >= 15 is 0 Å². The SMILES string of the molecule is C/C=C/CCN1CC2CCCCN2CC1C. The van der Waals surface area contributed by atoms with Crippen molar-refractivity contribution in [2.24, 2.45) is 0 Å². The molecule has 0 aromatic carbocycles. The van der Waals surface area contributed by atoms with E-state index in [-0.39, 0.29) is 0 Å². The Balaban J connectivity index is 1.85. The molecule has 0 aliphatic carbocycles. The number of piperidine rings is 1. The van der Waals surface area contributed by atoms with E-state index in [2.05, 4.69) is 35.8 Å². The molecule has 2 nitrogen and oxygen atoms in total. The number of hydrogen-bond acceptors (Lipinski definition) is 2. The molecule has 2 saturated heterocycles. The Labute approximate surface area is 100 Å². The van der Waals surface area contributed by atoms with Crippen molar-refractivity contribution in [2.45, 2.75) is 51.6 Å². The van der Waals surface area contributed by atoms with Crippen LogP contribution in [-0.2, 0) is 0 Å². The lowest BCUT2D eigenvalue weighted by atomic mass is 9.97. The highest BCUT2D eigenvalue weighted by Crippen LogP contribution is 2.23. The van der Waals surface area contributed by atoms with Crippen molar-refractivity contribution < 1.29 is 0 Å². The van der Waals surface area contributed by atoms with Crippen LogP contribution in [0.3, 0.4) is 0 Å². The summed E-state index contributed by atoms with van der Waals surface area (Å²) in [6.45, 7) is 9.69. The molecule has 0 aromatic heterocycles. The molecule has 16 heavy (non-hydrogen) atoms. The first kappa shape index (κ1) is 12.1. The molecule has 0 bridgehead atoms. The quantitative estimate of drug-likeness (QED) is 0.677. The summed E-state index contributed by atoms with van der Waals surface area (Å²) in [7, 11) is 0. The highest BCUT2D eigenvalue weighted by atomic mass is 15.3. The molecule has 92 valence electrons. The Morgan fingerprint density at radius 2 is 2.12 bits per heavy atom. The zero-order valence-electron chi connectivity index (χ0n) is 10.9. The Hall–Kier alpha value is -0.340. The van der Waals surface area contributed by atoms with Crippen molar-refractivity contribution in [3.8, 4) is 0 Å². The highest BCUT2D eigenvalue weighted by molar-refractivity contribution is 4.90. The molecule has 2 unspecified atom stereocenters. The van der Waals surface area contributed by atoms with Gasteiger partial charge in [-0.1, -0.05) is 18.6 Å². The molecule has 0 aromatic rings. The molecule has 2 aliphatic rings. The predicted octanol–water partition coefficient (Wildman–Crippen LogP) is 2.51. The Bertz CT molecular complexity index is 237. The van der Waals surface area contributed by atoms with Gasteiger partial charge in [-0.3, -0.25) is 9.80 Å². The van der Waals surface area contributed by atoms with Crippen LogP contribution in [0.4, 0.5) is 0 Å². The number of nitrogens with zero attached hydrogens (tertiary/aromatic N) is 2. The summed E-state index contributed by atoms with van der Waals surface area (Å²) in [4.78, 5) is 5.41. The maximum absolute atomic E-state index is 2.72. The van der Waals surface area contributed by atoms with Gasteiger partial charge in [-0.05, 0) is 39.7 Å². The fraction of sp³-hybridized carbons (Fsp3) is 0.857. The lowest BCUT2D eigenvalue weighted by molar-refractivity contribution is 0.0163. The van der Waals surface area contributed by atoms with Gasteiger partial charge in [0.05, 0.1) is 0 Å². The highest BCUT2D eigenvalue weighted by Gasteiger charge is 2.32. The molecule has 0 radical (unpaired) electrons. The van der Waals surface area contributed by atoms with E-state index < -0.39 is 0 Å². The Kier molecular flexibility index (Phi) is 4.42. The summed E-state index contributed by atoms with van der Waals surface area (Å²) < 4.78 is 0. The third-order valence-corrected chi connectivity index (χ3v) is 4.14. The number of piperazine rings is 1. The number of allylic oxidation sites excluding steroid dienone is 1. The summed E-state index contributed by atoms with van der Waals surface area (Å²) in [5.41, 5.74) is 0. The van der Waals surface area contributed by atoms with Crippen LogP contribution in [0.5, 0.6) is 0 Å². The minimum Gasteiger partial charge on any atom is -0.298 e. The van der Waals surface area contributed by atoms with E-state index in [1.54, 1.807) is 0 Å². The smallest absolute Gasteiger partial charge is 0.0223 e. The average Bonchev–Trinajstić information content (AvgIpc) is 2.30. The Morgan fingerprint density at radius 3 is 2.94 bits per heavy atom. The van der Waals surface area contributed by atoms with E-state index in [0.717, 1.165) is 12.1 Å². The van der Waals surface area contributed by atoms with E-state index in [1.807, 2.05) is 0 Å². The molecular formula is C14H26N2. The lowest BCUT2D eigenvalue weighted by Crippen LogP contribution is -2.58. The predicted molar refractivity (Wildman–Crippen MR) is 69.7 cm³/mol. The normalized spacial score (nSPS) is 33.1. The van der Waals surface area contributed by atoms with E-state index in [1.165, 1.54) is 51.9 Å². The summed E-state index contributed by atoms with van der Waals surface area (Å²) in [6, 6.07) is 1.61. The molecule has 2 heterocycles. The van der Waals surface area contributed by atoms with Gasteiger partial charge < -0.3 is 0 Å². The molecule has 0 spiro atoms. The van der Waals surface area contributed by atoms with Crippen LogP contribution in [-0.4, -0.2) is 48.1 Å². The van der Waals surface area contributed by atoms with Gasteiger partial charge in [0.2, 0.25) is 0 Å². The lowest BCUT2D eigenvalue weighted by Gasteiger charge is -2.47. The molecule has 2 atom stereocenters. The number of fused-ring (bicyclic) bond motifs is 1. The van der Waals surface area contributed by atoms with Crippen LogP contribution in [0.25, 0.3) is 0 Å². The van der Waals surface area contributed by atoms with Crippen molar-refractivity contribution in [3.63, 3.8) is 0 Å². The molecule has 2 rings (SSSR count). The van der Waals surface area contributed by atoms with Gasteiger partial charge in [0.15, 0.2) is 0 Å². The van der Waals surface area contributed by atoms with Gasteiger partial charge in [-0.25, -0.2) is 0 Å². The monoisotopic (exact) mass is 222 g/mol. The van der Waals surface area contributed by atoms with Gasteiger partial charge >= 0.3 is 0 Å². The van der Waals surface area contributed by atoms with Crippen LogP contribution >= 0.6 is 0 Å². The molecular weight excluding hydrogens is 196 g/mol. The fourth-order valence-corrected chi connectivity index (χ4v) is 3.13. The van der Waals surface area contributed by atoms with Crippen LogP contribution < -0.4 is 0 Å². The van der Waals surface area contributed by atoms with Gasteiger partial charge in [0.1, 0.15) is 0 Å². The second-order valence-electron chi connectivity index (χ2n) is 5.35. The van der Waals surface area contributed by atoms with Gasteiger partial charge in [0.25, 0.3) is 0 Å². The second kappa shape index (κ2) is 5.83. The fourth-order valence-electron chi connectivity index (χ4n) is 3.13. The summed E-state index contributed by atoms with van der Waals surface area (Å²) in [5, 5.41) is 0. The molecule has 0 N–H and O–H groups in total. The first-order chi connectivity index (χ1) is 7.81. The number of rotatable bonds is 3. The van der Waals surface area contributed by atoms with Crippen molar-refractivity contribution in [3.05, 3.63) is 12.2 Å². The molecule has 2 heteroatoms.